The Kier molecular flexibility index (Phi) is 5.79. The molecule has 3 aromatic heterocycles. The molecule has 0 amide bonds. The van der Waals surface area contributed by atoms with Gasteiger partial charge in [-0.2, -0.15) is 0 Å². The molecule has 6 heteroatoms. The molecule has 6 nitrogen and oxygen atoms in total. The fourth-order valence-electron chi connectivity index (χ4n) is 5.27. The van der Waals surface area contributed by atoms with E-state index in [1.54, 1.807) is 12.4 Å². The highest BCUT2D eigenvalue weighted by Crippen LogP contribution is 2.31. The Morgan fingerprint density at radius 1 is 0.816 bits per heavy atom. The van der Waals surface area contributed by atoms with Gasteiger partial charge in [0.15, 0.2) is 5.82 Å². The third kappa shape index (κ3) is 4.40. The summed E-state index contributed by atoms with van der Waals surface area (Å²) in [5.41, 5.74) is 6.56. The van der Waals surface area contributed by atoms with Crippen LogP contribution in [-0.4, -0.2) is 32.9 Å². The van der Waals surface area contributed by atoms with E-state index in [1.807, 2.05) is 36.4 Å². The van der Waals surface area contributed by atoms with E-state index in [1.165, 1.54) is 16.5 Å². The van der Waals surface area contributed by atoms with Crippen molar-refractivity contribution >= 4 is 33.4 Å². The van der Waals surface area contributed by atoms with Gasteiger partial charge in [-0.3, -0.25) is 9.88 Å². The summed E-state index contributed by atoms with van der Waals surface area (Å²) in [5.74, 6) is 2.60. The predicted octanol–water partition coefficient (Wildman–Crippen LogP) is 6.78. The van der Waals surface area contributed by atoms with Crippen molar-refractivity contribution in [2.75, 3.05) is 18.4 Å². The molecule has 0 aliphatic carbocycles. The van der Waals surface area contributed by atoms with Crippen LogP contribution in [0, 0.1) is 0 Å². The number of aromatic nitrogens is 3. The molecule has 1 N–H and O–H groups in total. The molecule has 7 rings (SSSR count). The lowest BCUT2D eigenvalue weighted by atomic mass is 10.0. The number of hydrogen-bond donors (Lipinski definition) is 1. The Balaban J connectivity index is 1.05. The summed E-state index contributed by atoms with van der Waals surface area (Å²) in [6, 6.07) is 29.0. The maximum Gasteiger partial charge on any atom is 0.162 e. The highest BCUT2D eigenvalue weighted by atomic mass is 16.3. The molecule has 0 bridgehead atoms. The van der Waals surface area contributed by atoms with E-state index in [0.29, 0.717) is 5.82 Å². The van der Waals surface area contributed by atoms with Gasteiger partial charge in [0.05, 0.1) is 12.1 Å². The van der Waals surface area contributed by atoms with Crippen LogP contribution >= 0.6 is 0 Å². The Bertz CT molecular complexity index is 1730. The quantitative estimate of drug-likeness (QED) is 0.274. The van der Waals surface area contributed by atoms with Gasteiger partial charge in [0.2, 0.25) is 0 Å². The fourth-order valence-corrected chi connectivity index (χ4v) is 5.27. The molecule has 6 aromatic rings. The maximum absolute atomic E-state index is 6.15. The molecule has 0 radical (unpaired) electrons. The smallest absolute Gasteiger partial charge is 0.162 e. The van der Waals surface area contributed by atoms with Crippen molar-refractivity contribution in [2.24, 2.45) is 0 Å². The van der Waals surface area contributed by atoms with Crippen LogP contribution in [0.1, 0.15) is 16.9 Å². The number of fused-ring (bicyclic) bond motifs is 4. The van der Waals surface area contributed by atoms with Gasteiger partial charge < -0.3 is 9.73 Å². The lowest BCUT2D eigenvalue weighted by Crippen LogP contribution is -2.31. The van der Waals surface area contributed by atoms with Crippen LogP contribution in [0.3, 0.4) is 0 Å². The number of nitrogens with zero attached hydrogens (tertiary/aromatic N) is 4. The summed E-state index contributed by atoms with van der Waals surface area (Å²) < 4.78 is 6.15. The molecule has 1 aliphatic heterocycles. The van der Waals surface area contributed by atoms with Crippen LogP contribution < -0.4 is 5.32 Å². The number of hydrogen-bond acceptors (Lipinski definition) is 6. The predicted molar refractivity (Wildman–Crippen MR) is 151 cm³/mol. The minimum absolute atomic E-state index is 0.680. The first-order chi connectivity index (χ1) is 18.8. The van der Waals surface area contributed by atoms with Crippen LogP contribution in [0.2, 0.25) is 0 Å². The standard InChI is InChI=1S/C32H27N5O/c1-3-7-28-27(6-1)32(36-31(35-28)23-13-17-33-18-14-23)34-24-11-9-22(10-12-24)15-19-37-20-16-26-25-5-2-4-8-29(25)38-30(26)21-37/h1-14,17-18H,15-16,19-21H2,(H,34,35,36). The largest absolute Gasteiger partial charge is 0.459 e. The molecular formula is C32H27N5O. The Labute approximate surface area is 221 Å². The van der Waals surface area contributed by atoms with E-state index in [0.717, 1.165) is 71.8 Å². The number of para-hydroxylation sites is 2. The van der Waals surface area contributed by atoms with Crippen LogP contribution in [-0.2, 0) is 19.4 Å². The number of furan rings is 1. The van der Waals surface area contributed by atoms with Crippen LogP contribution in [0.5, 0.6) is 0 Å². The minimum atomic E-state index is 0.680. The summed E-state index contributed by atoms with van der Waals surface area (Å²) in [4.78, 5) is 16.2. The van der Waals surface area contributed by atoms with Gasteiger partial charge in [0.25, 0.3) is 0 Å². The van der Waals surface area contributed by atoms with Crippen molar-refractivity contribution in [3.63, 3.8) is 0 Å². The van der Waals surface area contributed by atoms with Crippen molar-refractivity contribution in [2.45, 2.75) is 19.4 Å². The van der Waals surface area contributed by atoms with E-state index < -0.39 is 0 Å². The number of anilines is 2. The summed E-state index contributed by atoms with van der Waals surface area (Å²) in [5, 5.41) is 5.79. The molecule has 0 atom stereocenters. The number of pyridine rings is 1. The molecule has 4 heterocycles. The SMILES string of the molecule is c1ccc2c(Nc3ccc(CCN4CCc5c(oc6ccccc56)C4)cc3)nc(-c3ccncc3)nc2c1. The average molecular weight is 498 g/mol. The fraction of sp³-hybridized carbons (Fsp3) is 0.156. The molecule has 0 spiro atoms. The summed E-state index contributed by atoms with van der Waals surface area (Å²) in [6.45, 7) is 2.95. The molecule has 0 fully saturated rings. The van der Waals surface area contributed by atoms with E-state index in [4.69, 9.17) is 14.4 Å². The second kappa shape index (κ2) is 9.72. The number of rotatable bonds is 6. The van der Waals surface area contributed by atoms with Gasteiger partial charge in [0.1, 0.15) is 17.2 Å². The third-order valence-corrected chi connectivity index (χ3v) is 7.30. The van der Waals surface area contributed by atoms with E-state index in [9.17, 15) is 0 Å². The highest BCUT2D eigenvalue weighted by Gasteiger charge is 2.22. The maximum atomic E-state index is 6.15. The average Bonchev–Trinajstić information content (AvgIpc) is 3.35. The molecule has 0 unspecified atom stereocenters. The summed E-state index contributed by atoms with van der Waals surface area (Å²) in [7, 11) is 0. The lowest BCUT2D eigenvalue weighted by Gasteiger charge is -2.25. The van der Waals surface area contributed by atoms with E-state index in [2.05, 4.69) is 63.7 Å². The van der Waals surface area contributed by atoms with E-state index in [-0.39, 0.29) is 0 Å². The van der Waals surface area contributed by atoms with Gasteiger partial charge >= 0.3 is 0 Å². The van der Waals surface area contributed by atoms with Gasteiger partial charge in [-0.15, -0.1) is 0 Å². The van der Waals surface area contributed by atoms with Gasteiger partial charge in [-0.1, -0.05) is 42.5 Å². The minimum Gasteiger partial charge on any atom is -0.459 e. The molecule has 38 heavy (non-hydrogen) atoms. The first-order valence-electron chi connectivity index (χ1n) is 13.0. The van der Waals surface area contributed by atoms with Gasteiger partial charge in [0, 0.05) is 53.1 Å². The molecule has 0 saturated heterocycles. The van der Waals surface area contributed by atoms with Gasteiger partial charge in [-0.05, 0) is 60.9 Å². The first-order valence-corrected chi connectivity index (χ1v) is 13.0. The Hall–Kier alpha value is -4.55. The Morgan fingerprint density at radius 2 is 1.61 bits per heavy atom. The zero-order valence-corrected chi connectivity index (χ0v) is 21.0. The zero-order valence-electron chi connectivity index (χ0n) is 21.0. The zero-order chi connectivity index (χ0) is 25.3. The van der Waals surface area contributed by atoms with Crippen molar-refractivity contribution in [3.05, 3.63) is 114 Å². The van der Waals surface area contributed by atoms with E-state index >= 15 is 0 Å². The molecule has 1 aliphatic rings. The monoisotopic (exact) mass is 497 g/mol. The van der Waals surface area contributed by atoms with Gasteiger partial charge in [-0.25, -0.2) is 9.97 Å². The summed E-state index contributed by atoms with van der Waals surface area (Å²) in [6.07, 6.45) is 5.57. The molecule has 186 valence electrons. The van der Waals surface area contributed by atoms with Crippen molar-refractivity contribution in [3.8, 4) is 11.4 Å². The highest BCUT2D eigenvalue weighted by molar-refractivity contribution is 5.92. The topological polar surface area (TPSA) is 67.1 Å². The van der Waals surface area contributed by atoms with Crippen molar-refractivity contribution < 1.29 is 4.42 Å². The first kappa shape index (κ1) is 22.6. The van der Waals surface area contributed by atoms with Crippen LogP contribution in [0.15, 0.2) is 102 Å². The second-order valence-electron chi connectivity index (χ2n) is 9.75. The summed E-state index contributed by atoms with van der Waals surface area (Å²) >= 11 is 0. The number of benzene rings is 3. The van der Waals surface area contributed by atoms with Crippen LogP contribution in [0.4, 0.5) is 11.5 Å². The van der Waals surface area contributed by atoms with Crippen molar-refractivity contribution in [1.29, 1.82) is 0 Å². The lowest BCUT2D eigenvalue weighted by molar-refractivity contribution is 0.234. The second-order valence-corrected chi connectivity index (χ2v) is 9.75. The Morgan fingerprint density at radius 3 is 2.47 bits per heavy atom. The number of nitrogens with one attached hydrogen (secondary N) is 1. The normalized spacial score (nSPS) is 13.6. The molecule has 0 saturated carbocycles. The third-order valence-electron chi connectivity index (χ3n) is 7.30. The van der Waals surface area contributed by atoms with Crippen LogP contribution in [0.25, 0.3) is 33.3 Å². The molecular weight excluding hydrogens is 470 g/mol. The molecule has 3 aromatic carbocycles. The van der Waals surface area contributed by atoms with Crippen molar-refractivity contribution in [1.82, 2.24) is 19.9 Å².